The zero-order valence-electron chi connectivity index (χ0n) is 13.9. The minimum Gasteiger partial charge on any atom is -0.489 e. The van der Waals surface area contributed by atoms with Gasteiger partial charge in [0.1, 0.15) is 12.4 Å². The van der Waals surface area contributed by atoms with E-state index < -0.39 is 5.97 Å². The second-order valence-corrected chi connectivity index (χ2v) is 6.15. The summed E-state index contributed by atoms with van der Waals surface area (Å²) in [6, 6.07) is 23.9. The van der Waals surface area contributed by atoms with Crippen molar-refractivity contribution < 1.29 is 14.6 Å². The van der Waals surface area contributed by atoms with Gasteiger partial charge in [0, 0.05) is 5.02 Å². The van der Waals surface area contributed by atoms with Crippen molar-refractivity contribution in [2.45, 2.75) is 6.61 Å². The highest BCUT2D eigenvalue weighted by molar-refractivity contribution is 6.30. The zero-order chi connectivity index (χ0) is 18.4. The van der Waals surface area contributed by atoms with Crippen molar-refractivity contribution in [1.82, 2.24) is 0 Å². The molecule has 4 heteroatoms. The molecule has 0 aliphatic heterocycles. The first-order valence-electron chi connectivity index (χ1n) is 8.09. The number of ether oxygens (including phenoxy) is 1. The van der Waals surface area contributed by atoms with Crippen LogP contribution in [-0.4, -0.2) is 11.1 Å². The molecule has 0 bridgehead atoms. The van der Waals surface area contributed by atoms with E-state index in [1.807, 2.05) is 66.7 Å². The molecule has 3 rings (SSSR count). The summed E-state index contributed by atoms with van der Waals surface area (Å²) in [4.78, 5) is 11.6. The van der Waals surface area contributed by atoms with E-state index in [9.17, 15) is 9.90 Å². The molecule has 26 heavy (non-hydrogen) atoms. The monoisotopic (exact) mass is 364 g/mol. The van der Waals surface area contributed by atoms with Crippen LogP contribution < -0.4 is 4.74 Å². The molecule has 0 aromatic heterocycles. The summed E-state index contributed by atoms with van der Waals surface area (Å²) in [5, 5.41) is 10.2. The van der Waals surface area contributed by atoms with Crippen molar-refractivity contribution in [3.8, 4) is 5.75 Å². The fourth-order valence-corrected chi connectivity index (χ4v) is 2.59. The molecule has 0 aliphatic carbocycles. The third kappa shape index (κ3) is 4.74. The van der Waals surface area contributed by atoms with Gasteiger partial charge >= 0.3 is 5.97 Å². The molecule has 3 aromatic carbocycles. The largest absolute Gasteiger partial charge is 0.489 e. The molecule has 0 saturated carbocycles. The van der Waals surface area contributed by atoms with E-state index in [0.717, 1.165) is 11.1 Å². The highest BCUT2D eigenvalue weighted by Gasteiger charge is 2.09. The Labute approximate surface area is 157 Å². The van der Waals surface area contributed by atoms with Gasteiger partial charge in [-0.05, 0) is 47.0 Å². The summed E-state index contributed by atoms with van der Waals surface area (Å²) < 4.78 is 5.74. The van der Waals surface area contributed by atoms with Crippen molar-refractivity contribution in [2.24, 2.45) is 0 Å². The van der Waals surface area contributed by atoms with E-state index in [2.05, 4.69) is 0 Å². The van der Waals surface area contributed by atoms with Gasteiger partial charge in [0.05, 0.1) is 5.57 Å². The van der Waals surface area contributed by atoms with Gasteiger partial charge in [-0.1, -0.05) is 66.2 Å². The number of hydrogen-bond donors (Lipinski definition) is 1. The topological polar surface area (TPSA) is 46.5 Å². The number of halogens is 1. The minimum absolute atomic E-state index is 0.250. The fraction of sp³-hybridized carbons (Fsp3) is 0.0455. The molecule has 3 aromatic rings. The Kier molecular flexibility index (Phi) is 5.72. The summed E-state index contributed by atoms with van der Waals surface area (Å²) in [5.74, 6) is -0.243. The molecule has 130 valence electrons. The van der Waals surface area contributed by atoms with E-state index >= 15 is 0 Å². The van der Waals surface area contributed by atoms with Crippen LogP contribution in [0.2, 0.25) is 5.02 Å². The molecule has 0 atom stereocenters. The lowest BCUT2D eigenvalue weighted by atomic mass is 10.0. The zero-order valence-corrected chi connectivity index (χ0v) is 14.7. The number of hydrogen-bond acceptors (Lipinski definition) is 2. The summed E-state index contributed by atoms with van der Waals surface area (Å²) in [5.41, 5.74) is 2.74. The number of carboxylic acid groups (broad SMARTS) is 1. The molecule has 0 aliphatic rings. The lowest BCUT2D eigenvalue weighted by Gasteiger charge is -2.07. The predicted octanol–water partition coefficient (Wildman–Crippen LogP) is 5.54. The lowest BCUT2D eigenvalue weighted by Crippen LogP contribution is -1.99. The molecule has 0 saturated heterocycles. The van der Waals surface area contributed by atoms with Crippen molar-refractivity contribution in [3.63, 3.8) is 0 Å². The third-order valence-electron chi connectivity index (χ3n) is 3.83. The second kappa shape index (κ2) is 8.37. The van der Waals surface area contributed by atoms with Crippen LogP contribution in [-0.2, 0) is 11.4 Å². The highest BCUT2D eigenvalue weighted by atomic mass is 35.5. The average molecular weight is 365 g/mol. The predicted molar refractivity (Wildman–Crippen MR) is 104 cm³/mol. The van der Waals surface area contributed by atoms with Crippen LogP contribution in [0.4, 0.5) is 0 Å². The van der Waals surface area contributed by atoms with Crippen molar-refractivity contribution in [1.29, 1.82) is 0 Å². The standard InChI is InChI=1S/C22H17ClO3/c23-19-10-6-17(7-11-19)15-26-20-12-8-16(9-13-20)14-21(22(24)25)18-4-2-1-3-5-18/h1-14H,15H2,(H,24,25)/b21-14+. The Morgan fingerprint density at radius 1 is 0.923 bits per heavy atom. The maximum absolute atomic E-state index is 11.6. The molecule has 0 spiro atoms. The Morgan fingerprint density at radius 3 is 2.19 bits per heavy atom. The second-order valence-electron chi connectivity index (χ2n) is 5.71. The van der Waals surface area contributed by atoms with Gasteiger partial charge in [-0.15, -0.1) is 0 Å². The van der Waals surface area contributed by atoms with Gasteiger partial charge < -0.3 is 9.84 Å². The van der Waals surface area contributed by atoms with E-state index in [1.165, 1.54) is 0 Å². The average Bonchev–Trinajstić information content (AvgIpc) is 2.67. The first-order valence-corrected chi connectivity index (χ1v) is 8.47. The summed E-state index contributed by atoms with van der Waals surface area (Å²) in [7, 11) is 0. The van der Waals surface area contributed by atoms with Crippen LogP contribution in [0.25, 0.3) is 11.6 Å². The summed E-state index contributed by atoms with van der Waals surface area (Å²) in [6.07, 6.45) is 1.65. The van der Waals surface area contributed by atoms with Gasteiger partial charge in [0.2, 0.25) is 0 Å². The van der Waals surface area contributed by atoms with Crippen LogP contribution in [0, 0.1) is 0 Å². The van der Waals surface area contributed by atoms with Crippen LogP contribution in [0.5, 0.6) is 5.75 Å². The Bertz CT molecular complexity index is 898. The maximum atomic E-state index is 11.6. The summed E-state index contributed by atoms with van der Waals surface area (Å²) >= 11 is 5.87. The fourth-order valence-electron chi connectivity index (χ4n) is 2.46. The normalized spacial score (nSPS) is 11.2. The third-order valence-corrected chi connectivity index (χ3v) is 4.08. The van der Waals surface area contributed by atoms with Gasteiger partial charge in [-0.25, -0.2) is 4.79 Å². The Hall–Kier alpha value is -3.04. The number of aliphatic carboxylic acids is 1. The Balaban J connectivity index is 1.72. The van der Waals surface area contributed by atoms with Crippen molar-refractivity contribution in [2.75, 3.05) is 0 Å². The SMILES string of the molecule is O=C(O)/C(=C/c1ccc(OCc2ccc(Cl)cc2)cc1)c1ccccc1. The summed E-state index contributed by atoms with van der Waals surface area (Å²) in [6.45, 7) is 0.441. The van der Waals surface area contributed by atoms with E-state index in [0.29, 0.717) is 22.9 Å². The van der Waals surface area contributed by atoms with Gasteiger partial charge in [0.15, 0.2) is 0 Å². The van der Waals surface area contributed by atoms with Gasteiger partial charge in [-0.2, -0.15) is 0 Å². The number of carboxylic acids is 1. The maximum Gasteiger partial charge on any atom is 0.336 e. The van der Waals surface area contributed by atoms with Crippen LogP contribution >= 0.6 is 11.6 Å². The molecular weight excluding hydrogens is 348 g/mol. The molecule has 0 unspecified atom stereocenters. The number of benzene rings is 3. The molecule has 0 heterocycles. The van der Waals surface area contributed by atoms with E-state index in [4.69, 9.17) is 16.3 Å². The highest BCUT2D eigenvalue weighted by Crippen LogP contribution is 2.21. The van der Waals surface area contributed by atoms with Crippen LogP contribution in [0.3, 0.4) is 0 Å². The molecule has 0 fully saturated rings. The molecule has 1 N–H and O–H groups in total. The number of carbonyl (C=O) groups is 1. The molecular formula is C22H17ClO3. The smallest absolute Gasteiger partial charge is 0.336 e. The number of rotatable bonds is 6. The van der Waals surface area contributed by atoms with Crippen LogP contribution in [0.15, 0.2) is 78.9 Å². The van der Waals surface area contributed by atoms with Gasteiger partial charge in [0.25, 0.3) is 0 Å². The van der Waals surface area contributed by atoms with Crippen molar-refractivity contribution in [3.05, 3.63) is 101 Å². The van der Waals surface area contributed by atoms with Crippen molar-refractivity contribution >= 4 is 29.2 Å². The van der Waals surface area contributed by atoms with E-state index in [1.54, 1.807) is 18.2 Å². The first kappa shape index (κ1) is 17.8. The quantitative estimate of drug-likeness (QED) is 0.461. The molecule has 0 amide bonds. The van der Waals surface area contributed by atoms with E-state index in [-0.39, 0.29) is 5.57 Å². The van der Waals surface area contributed by atoms with Crippen LogP contribution in [0.1, 0.15) is 16.7 Å². The Morgan fingerprint density at radius 2 is 1.58 bits per heavy atom. The minimum atomic E-state index is -0.959. The van der Waals surface area contributed by atoms with Gasteiger partial charge in [-0.3, -0.25) is 0 Å². The molecule has 0 radical (unpaired) electrons. The first-order chi connectivity index (χ1) is 12.6. The molecule has 3 nitrogen and oxygen atoms in total. The lowest BCUT2D eigenvalue weighted by molar-refractivity contribution is -0.130.